The molecule has 0 radical (unpaired) electrons. The van der Waals surface area contributed by atoms with Crippen molar-refractivity contribution < 1.29 is 27.1 Å². The molecule has 6 heteroatoms. The fourth-order valence-electron chi connectivity index (χ4n) is 1.23. The van der Waals surface area contributed by atoms with Crippen LogP contribution < -0.4 is 0 Å². The zero-order valence-corrected chi connectivity index (χ0v) is 8.56. The minimum absolute atomic E-state index is 0.0130. The molecule has 0 aliphatic rings. The third-order valence-electron chi connectivity index (χ3n) is 2.00. The van der Waals surface area contributed by atoms with Gasteiger partial charge in [0.15, 0.2) is 0 Å². The first-order valence-electron chi connectivity index (χ1n) is 4.65. The first kappa shape index (κ1) is 13.6. The molecule has 1 N–H and O–H groups in total. The second-order valence-corrected chi connectivity index (χ2v) is 3.36. The van der Waals surface area contributed by atoms with Crippen LogP contribution in [0.3, 0.4) is 0 Å². The van der Waals surface area contributed by atoms with Gasteiger partial charge in [-0.05, 0) is 36.3 Å². The molecule has 0 aliphatic heterocycles. The summed E-state index contributed by atoms with van der Waals surface area (Å²) < 4.78 is 62.4. The number of aliphatic hydroxyl groups excluding tert-OH is 1. The molecule has 0 fully saturated rings. The number of hydrogen-bond acceptors (Lipinski definition) is 1. The Bertz CT molecular complexity index is 422. The van der Waals surface area contributed by atoms with Gasteiger partial charge in [-0.1, -0.05) is 0 Å². The van der Waals surface area contributed by atoms with Gasteiger partial charge in [-0.25, -0.2) is 8.78 Å². The van der Waals surface area contributed by atoms with Crippen molar-refractivity contribution in [1.82, 2.24) is 0 Å². The van der Waals surface area contributed by atoms with Crippen molar-refractivity contribution in [3.63, 3.8) is 0 Å². The average molecular weight is 252 g/mol. The summed E-state index contributed by atoms with van der Waals surface area (Å²) in [6, 6.07) is 2.00. The van der Waals surface area contributed by atoms with Crippen LogP contribution in [0.4, 0.5) is 22.0 Å². The number of halogens is 5. The lowest BCUT2D eigenvalue weighted by Crippen LogP contribution is -2.06. The zero-order chi connectivity index (χ0) is 13.1. The van der Waals surface area contributed by atoms with Gasteiger partial charge in [-0.3, -0.25) is 0 Å². The highest BCUT2D eigenvalue weighted by Gasteiger charge is 2.31. The van der Waals surface area contributed by atoms with Gasteiger partial charge >= 0.3 is 6.18 Å². The standard InChI is InChI=1S/C11H9F5O/c12-9(6-17)2-1-7-3-8(11(14,15)16)5-10(13)4-7/h2-5,17H,1,6H2/b9-2-. The van der Waals surface area contributed by atoms with Crippen LogP contribution in [-0.2, 0) is 12.6 Å². The van der Waals surface area contributed by atoms with E-state index in [1.54, 1.807) is 0 Å². The Labute approximate surface area is 94.2 Å². The maximum atomic E-state index is 12.9. The molecular formula is C11H9F5O. The molecule has 94 valence electrons. The van der Waals surface area contributed by atoms with E-state index in [1.807, 2.05) is 0 Å². The van der Waals surface area contributed by atoms with E-state index < -0.39 is 30.0 Å². The van der Waals surface area contributed by atoms with Crippen molar-refractivity contribution >= 4 is 0 Å². The third kappa shape index (κ3) is 4.14. The van der Waals surface area contributed by atoms with Crippen LogP contribution >= 0.6 is 0 Å². The van der Waals surface area contributed by atoms with E-state index in [-0.39, 0.29) is 12.0 Å². The molecule has 1 rings (SSSR count). The summed E-state index contributed by atoms with van der Waals surface area (Å²) in [5.41, 5.74) is -1.13. The van der Waals surface area contributed by atoms with Crippen LogP contribution in [0.5, 0.6) is 0 Å². The SMILES string of the molecule is OC/C(F)=C/Cc1cc(F)cc(C(F)(F)F)c1. The molecule has 0 spiro atoms. The van der Waals surface area contributed by atoms with Crippen molar-refractivity contribution in [2.45, 2.75) is 12.6 Å². The van der Waals surface area contributed by atoms with Crippen LogP contribution in [0.1, 0.15) is 11.1 Å². The summed E-state index contributed by atoms with van der Waals surface area (Å²) >= 11 is 0. The summed E-state index contributed by atoms with van der Waals surface area (Å²) in [7, 11) is 0. The Morgan fingerprint density at radius 3 is 2.41 bits per heavy atom. The van der Waals surface area contributed by atoms with E-state index in [1.165, 1.54) is 0 Å². The van der Waals surface area contributed by atoms with Gasteiger partial charge in [-0.15, -0.1) is 0 Å². The maximum Gasteiger partial charge on any atom is 0.416 e. The van der Waals surface area contributed by atoms with Gasteiger partial charge in [0.1, 0.15) is 11.6 Å². The molecule has 0 heterocycles. The highest BCUT2D eigenvalue weighted by Crippen LogP contribution is 2.30. The first-order valence-corrected chi connectivity index (χ1v) is 4.65. The summed E-state index contributed by atoms with van der Waals surface area (Å²) in [5.74, 6) is -1.91. The molecule has 0 bridgehead atoms. The molecule has 1 nitrogen and oxygen atoms in total. The van der Waals surface area contributed by atoms with E-state index in [0.29, 0.717) is 6.07 Å². The Hall–Kier alpha value is -1.43. The summed E-state index contributed by atoms with van der Waals surface area (Å²) in [6.07, 6.45) is -3.96. The van der Waals surface area contributed by atoms with Crippen molar-refractivity contribution in [3.05, 3.63) is 47.0 Å². The Morgan fingerprint density at radius 1 is 1.24 bits per heavy atom. The number of rotatable bonds is 3. The maximum absolute atomic E-state index is 12.9. The smallest absolute Gasteiger partial charge is 0.389 e. The van der Waals surface area contributed by atoms with Crippen molar-refractivity contribution in [3.8, 4) is 0 Å². The predicted molar refractivity (Wildman–Crippen MR) is 51.4 cm³/mol. The molecule has 0 atom stereocenters. The number of hydrogen-bond donors (Lipinski definition) is 1. The summed E-state index contributed by atoms with van der Waals surface area (Å²) in [6.45, 7) is -0.832. The minimum Gasteiger partial charge on any atom is -0.389 e. The van der Waals surface area contributed by atoms with E-state index in [4.69, 9.17) is 5.11 Å². The Kier molecular flexibility index (Phi) is 4.22. The average Bonchev–Trinajstić information content (AvgIpc) is 2.24. The highest BCUT2D eigenvalue weighted by molar-refractivity contribution is 5.28. The molecule has 1 aromatic rings. The van der Waals surface area contributed by atoms with Gasteiger partial charge in [0.25, 0.3) is 0 Å². The molecule has 0 aliphatic carbocycles. The van der Waals surface area contributed by atoms with Crippen LogP contribution in [0.15, 0.2) is 30.1 Å². The fourth-order valence-corrected chi connectivity index (χ4v) is 1.23. The summed E-state index contributed by atoms with van der Waals surface area (Å²) in [5, 5.41) is 8.35. The van der Waals surface area contributed by atoms with E-state index in [0.717, 1.165) is 18.2 Å². The molecule has 0 amide bonds. The molecule has 0 saturated heterocycles. The molecule has 0 saturated carbocycles. The van der Waals surface area contributed by atoms with Gasteiger partial charge in [-0.2, -0.15) is 13.2 Å². The number of aliphatic hydroxyl groups is 1. The largest absolute Gasteiger partial charge is 0.416 e. The molecule has 0 aromatic heterocycles. The zero-order valence-electron chi connectivity index (χ0n) is 8.56. The van der Waals surface area contributed by atoms with Crippen LogP contribution in [-0.4, -0.2) is 11.7 Å². The lowest BCUT2D eigenvalue weighted by Gasteiger charge is -2.08. The topological polar surface area (TPSA) is 20.2 Å². The van der Waals surface area contributed by atoms with Crippen molar-refractivity contribution in [2.75, 3.05) is 6.61 Å². The first-order chi connectivity index (χ1) is 7.82. The van der Waals surface area contributed by atoms with Crippen LogP contribution in [0, 0.1) is 5.82 Å². The summed E-state index contributed by atoms with van der Waals surface area (Å²) in [4.78, 5) is 0. The van der Waals surface area contributed by atoms with E-state index in [9.17, 15) is 22.0 Å². The molecule has 1 aromatic carbocycles. The second-order valence-electron chi connectivity index (χ2n) is 3.36. The van der Waals surface area contributed by atoms with Gasteiger partial charge in [0, 0.05) is 0 Å². The monoisotopic (exact) mass is 252 g/mol. The second kappa shape index (κ2) is 5.27. The van der Waals surface area contributed by atoms with E-state index >= 15 is 0 Å². The Morgan fingerprint density at radius 2 is 1.88 bits per heavy atom. The van der Waals surface area contributed by atoms with Crippen LogP contribution in [0.25, 0.3) is 0 Å². The molecule has 0 unspecified atom stereocenters. The lowest BCUT2D eigenvalue weighted by atomic mass is 10.1. The fraction of sp³-hybridized carbons (Fsp3) is 0.273. The minimum atomic E-state index is -4.64. The number of alkyl halides is 3. The van der Waals surface area contributed by atoms with Crippen molar-refractivity contribution in [2.24, 2.45) is 0 Å². The normalized spacial score (nSPS) is 12.9. The lowest BCUT2D eigenvalue weighted by molar-refractivity contribution is -0.137. The molecular weight excluding hydrogens is 243 g/mol. The van der Waals surface area contributed by atoms with E-state index in [2.05, 4.69) is 0 Å². The Balaban J connectivity index is 2.98. The van der Waals surface area contributed by atoms with Gasteiger partial charge in [0.2, 0.25) is 0 Å². The van der Waals surface area contributed by atoms with Crippen LogP contribution in [0.2, 0.25) is 0 Å². The highest BCUT2D eigenvalue weighted by atomic mass is 19.4. The molecule has 17 heavy (non-hydrogen) atoms. The predicted octanol–water partition coefficient (Wildman–Crippen LogP) is 3.23. The number of benzene rings is 1. The number of allylic oxidation sites excluding steroid dienone is 1. The van der Waals surface area contributed by atoms with Gasteiger partial charge in [0.05, 0.1) is 12.2 Å². The van der Waals surface area contributed by atoms with Crippen molar-refractivity contribution in [1.29, 1.82) is 0 Å². The third-order valence-corrected chi connectivity index (χ3v) is 2.00. The quantitative estimate of drug-likeness (QED) is 0.819. The van der Waals surface area contributed by atoms with Gasteiger partial charge < -0.3 is 5.11 Å².